The molecule has 0 amide bonds. The Balaban J connectivity index is 2.16. The van der Waals surface area contributed by atoms with Crippen LogP contribution in [0.4, 0.5) is 0 Å². The maximum absolute atomic E-state index is 11.7. The van der Waals surface area contributed by atoms with Crippen molar-refractivity contribution in [1.29, 1.82) is 0 Å². The zero-order valence-electron chi connectivity index (χ0n) is 13.3. The van der Waals surface area contributed by atoms with Gasteiger partial charge in [-0.1, -0.05) is 12.2 Å². The minimum atomic E-state index is -0.711. The fourth-order valence-corrected chi connectivity index (χ4v) is 2.54. The van der Waals surface area contributed by atoms with E-state index in [1.54, 1.807) is 0 Å². The molecule has 122 valence electrons. The molecule has 1 saturated carbocycles. The molecule has 0 aliphatic heterocycles. The Morgan fingerprint density at radius 2 is 2.10 bits per heavy atom. The van der Waals surface area contributed by atoms with Gasteiger partial charge in [0.15, 0.2) is 0 Å². The molecule has 5 heteroatoms. The third-order valence-corrected chi connectivity index (χ3v) is 3.76. The van der Waals surface area contributed by atoms with Crippen LogP contribution in [-0.4, -0.2) is 49.6 Å². The molecule has 21 heavy (non-hydrogen) atoms. The Morgan fingerprint density at radius 3 is 2.67 bits per heavy atom. The van der Waals surface area contributed by atoms with E-state index < -0.39 is 5.60 Å². The summed E-state index contributed by atoms with van der Waals surface area (Å²) in [4.78, 5) is 11.7. The van der Waals surface area contributed by atoms with E-state index in [0.29, 0.717) is 58.6 Å². The molecule has 5 nitrogen and oxygen atoms in total. The lowest BCUT2D eigenvalue weighted by molar-refractivity contribution is -0.151. The van der Waals surface area contributed by atoms with Crippen LogP contribution in [0.3, 0.4) is 0 Å². The number of carbonyl (C=O) groups is 1. The monoisotopic (exact) mass is 299 g/mol. The Bertz CT molecular complexity index is 335. The van der Waals surface area contributed by atoms with Crippen molar-refractivity contribution >= 4 is 5.97 Å². The second kappa shape index (κ2) is 9.18. The van der Waals surface area contributed by atoms with Gasteiger partial charge in [0.1, 0.15) is 0 Å². The van der Waals surface area contributed by atoms with E-state index in [2.05, 4.69) is 11.9 Å². The van der Waals surface area contributed by atoms with Gasteiger partial charge in [-0.2, -0.15) is 0 Å². The maximum Gasteiger partial charge on any atom is 0.308 e. The first kappa shape index (κ1) is 18.1. The van der Waals surface area contributed by atoms with Crippen molar-refractivity contribution in [2.45, 2.75) is 45.1 Å². The van der Waals surface area contributed by atoms with E-state index in [0.717, 1.165) is 5.57 Å². The SMILES string of the molecule is C=C(C)COCCNCC1(O)CCC(C(=O)OCC)CC1. The first-order valence-corrected chi connectivity index (χ1v) is 7.79. The summed E-state index contributed by atoms with van der Waals surface area (Å²) in [7, 11) is 0. The third kappa shape index (κ3) is 7.07. The molecule has 0 spiro atoms. The fourth-order valence-electron chi connectivity index (χ4n) is 2.54. The summed E-state index contributed by atoms with van der Waals surface area (Å²) >= 11 is 0. The number of carbonyl (C=O) groups excluding carboxylic acids is 1. The standard InChI is InChI=1S/C16H29NO4/c1-4-21-15(18)14-5-7-16(19,8-6-14)12-17-9-10-20-11-13(2)3/h14,17,19H,2,4-12H2,1,3H3. The third-order valence-electron chi connectivity index (χ3n) is 3.76. The molecule has 0 atom stereocenters. The minimum Gasteiger partial charge on any atom is -0.466 e. The fraction of sp³-hybridized carbons (Fsp3) is 0.812. The average Bonchev–Trinajstić information content (AvgIpc) is 2.43. The van der Waals surface area contributed by atoms with Gasteiger partial charge >= 0.3 is 5.97 Å². The molecular formula is C16H29NO4. The van der Waals surface area contributed by atoms with Gasteiger partial charge in [0.25, 0.3) is 0 Å². The van der Waals surface area contributed by atoms with Gasteiger partial charge in [-0.05, 0) is 39.5 Å². The lowest BCUT2D eigenvalue weighted by atomic mass is 9.79. The van der Waals surface area contributed by atoms with Crippen LogP contribution >= 0.6 is 0 Å². The van der Waals surface area contributed by atoms with Gasteiger partial charge < -0.3 is 19.9 Å². The molecule has 1 fully saturated rings. The number of hydrogen-bond donors (Lipinski definition) is 2. The van der Waals surface area contributed by atoms with Crippen molar-refractivity contribution in [3.05, 3.63) is 12.2 Å². The van der Waals surface area contributed by atoms with Crippen molar-refractivity contribution in [3.8, 4) is 0 Å². The second-order valence-electron chi connectivity index (χ2n) is 5.94. The number of hydrogen-bond acceptors (Lipinski definition) is 5. The first-order valence-electron chi connectivity index (χ1n) is 7.79. The van der Waals surface area contributed by atoms with Crippen molar-refractivity contribution in [2.75, 3.05) is 32.9 Å². The minimum absolute atomic E-state index is 0.0517. The number of esters is 1. The molecule has 0 saturated heterocycles. The number of ether oxygens (including phenoxy) is 2. The van der Waals surface area contributed by atoms with Crippen LogP contribution in [0.15, 0.2) is 12.2 Å². The summed E-state index contributed by atoms with van der Waals surface area (Å²) in [5, 5.41) is 13.7. The first-order chi connectivity index (χ1) is 9.97. The van der Waals surface area contributed by atoms with Crippen molar-refractivity contribution in [1.82, 2.24) is 5.32 Å². The predicted octanol–water partition coefficient (Wildman–Crippen LogP) is 1.65. The van der Waals surface area contributed by atoms with E-state index in [1.165, 1.54) is 0 Å². The lowest BCUT2D eigenvalue weighted by Crippen LogP contribution is -2.45. The topological polar surface area (TPSA) is 67.8 Å². The normalized spacial score (nSPS) is 25.6. The smallest absolute Gasteiger partial charge is 0.308 e. The highest BCUT2D eigenvalue weighted by Gasteiger charge is 2.35. The van der Waals surface area contributed by atoms with Gasteiger partial charge in [-0.25, -0.2) is 0 Å². The van der Waals surface area contributed by atoms with Crippen LogP contribution in [0.1, 0.15) is 39.5 Å². The summed E-state index contributed by atoms with van der Waals surface area (Å²) in [6.45, 7) is 10.4. The largest absolute Gasteiger partial charge is 0.466 e. The molecule has 1 rings (SSSR count). The van der Waals surface area contributed by atoms with Gasteiger partial charge in [0.2, 0.25) is 0 Å². The Labute approximate surface area is 127 Å². The molecule has 0 unspecified atom stereocenters. The van der Waals surface area contributed by atoms with Crippen LogP contribution in [-0.2, 0) is 14.3 Å². The van der Waals surface area contributed by atoms with Crippen molar-refractivity contribution < 1.29 is 19.4 Å². The van der Waals surface area contributed by atoms with Crippen molar-refractivity contribution in [2.24, 2.45) is 5.92 Å². The van der Waals surface area contributed by atoms with Gasteiger partial charge in [0, 0.05) is 13.1 Å². The molecule has 0 radical (unpaired) electrons. The Kier molecular flexibility index (Phi) is 7.93. The van der Waals surface area contributed by atoms with Crippen LogP contribution in [0, 0.1) is 5.92 Å². The van der Waals surface area contributed by atoms with Crippen LogP contribution < -0.4 is 5.32 Å². The van der Waals surface area contributed by atoms with Crippen LogP contribution in [0.25, 0.3) is 0 Å². The summed E-state index contributed by atoms with van der Waals surface area (Å²) in [5.74, 6) is -0.176. The molecule has 0 heterocycles. The van der Waals surface area contributed by atoms with Gasteiger partial charge in [0.05, 0.1) is 31.3 Å². The van der Waals surface area contributed by atoms with E-state index in [9.17, 15) is 9.90 Å². The molecule has 1 aliphatic rings. The van der Waals surface area contributed by atoms with E-state index in [-0.39, 0.29) is 11.9 Å². The molecule has 0 bridgehead atoms. The highest BCUT2D eigenvalue weighted by Crippen LogP contribution is 2.32. The van der Waals surface area contributed by atoms with Gasteiger partial charge in [-0.3, -0.25) is 4.79 Å². The van der Waals surface area contributed by atoms with Crippen LogP contribution in [0.5, 0.6) is 0 Å². The molecular weight excluding hydrogens is 270 g/mol. The average molecular weight is 299 g/mol. The summed E-state index contributed by atoms with van der Waals surface area (Å²) < 4.78 is 10.4. The number of aliphatic hydroxyl groups is 1. The Hall–Kier alpha value is -0.910. The van der Waals surface area contributed by atoms with E-state index in [1.807, 2.05) is 13.8 Å². The highest BCUT2D eigenvalue weighted by atomic mass is 16.5. The zero-order valence-corrected chi connectivity index (χ0v) is 13.3. The lowest BCUT2D eigenvalue weighted by Gasteiger charge is -2.35. The van der Waals surface area contributed by atoms with Crippen molar-refractivity contribution in [3.63, 3.8) is 0 Å². The molecule has 1 aliphatic carbocycles. The molecule has 0 aromatic heterocycles. The van der Waals surface area contributed by atoms with Crippen LogP contribution in [0.2, 0.25) is 0 Å². The predicted molar refractivity (Wildman–Crippen MR) is 82.0 cm³/mol. The maximum atomic E-state index is 11.7. The highest BCUT2D eigenvalue weighted by molar-refractivity contribution is 5.72. The quantitative estimate of drug-likeness (QED) is 0.385. The molecule has 0 aromatic carbocycles. The van der Waals surface area contributed by atoms with E-state index >= 15 is 0 Å². The second-order valence-corrected chi connectivity index (χ2v) is 5.94. The number of nitrogens with one attached hydrogen (secondary N) is 1. The number of rotatable bonds is 9. The zero-order chi connectivity index (χ0) is 15.7. The molecule has 0 aromatic rings. The summed E-state index contributed by atoms with van der Waals surface area (Å²) in [6.07, 6.45) is 2.67. The van der Waals surface area contributed by atoms with E-state index in [4.69, 9.17) is 9.47 Å². The Morgan fingerprint density at radius 1 is 1.43 bits per heavy atom. The summed E-state index contributed by atoms with van der Waals surface area (Å²) in [5.41, 5.74) is 0.295. The summed E-state index contributed by atoms with van der Waals surface area (Å²) in [6, 6.07) is 0. The van der Waals surface area contributed by atoms with Gasteiger partial charge in [-0.15, -0.1) is 0 Å². The molecule has 2 N–H and O–H groups in total.